The molecule has 2 aromatic carbocycles. The molecule has 136 valence electrons. The molecule has 4 heteroatoms. The Hall–Kier alpha value is -3.32. The van der Waals surface area contributed by atoms with E-state index in [1.54, 1.807) is 0 Å². The molecule has 27 heavy (non-hydrogen) atoms. The zero-order chi connectivity index (χ0) is 19.2. The van der Waals surface area contributed by atoms with Crippen LogP contribution in [0.2, 0.25) is 0 Å². The number of imidazole rings is 1. The van der Waals surface area contributed by atoms with Crippen molar-refractivity contribution in [3.05, 3.63) is 66.0 Å². The fourth-order valence-corrected chi connectivity index (χ4v) is 3.09. The van der Waals surface area contributed by atoms with Gasteiger partial charge in [0.25, 0.3) is 0 Å². The predicted molar refractivity (Wildman–Crippen MR) is 113 cm³/mol. The van der Waals surface area contributed by atoms with Crippen molar-refractivity contribution in [2.75, 3.05) is 5.73 Å². The Kier molecular flexibility index (Phi) is 5.73. The number of nitrogens with two attached hydrogens (primary N) is 1. The number of pyridine rings is 1. The fraction of sp³-hybridized carbons (Fsp3) is 0.217. The van der Waals surface area contributed by atoms with Crippen LogP contribution in [0.25, 0.3) is 21.9 Å². The lowest BCUT2D eigenvalue weighted by Crippen LogP contribution is -2.02. The Labute approximate surface area is 160 Å². The molecule has 0 saturated heterocycles. The number of para-hydroxylation sites is 1. The van der Waals surface area contributed by atoms with Crippen molar-refractivity contribution < 1.29 is 0 Å². The quantitative estimate of drug-likeness (QED) is 0.525. The molecular formula is C23H24N4. The number of benzene rings is 2. The molecule has 2 heterocycles. The summed E-state index contributed by atoms with van der Waals surface area (Å²) >= 11 is 0. The van der Waals surface area contributed by atoms with Crippen LogP contribution in [-0.4, -0.2) is 14.5 Å². The molecular weight excluding hydrogens is 332 g/mol. The van der Waals surface area contributed by atoms with E-state index in [0.717, 1.165) is 39.7 Å². The second-order valence-electron chi connectivity index (χ2n) is 5.85. The van der Waals surface area contributed by atoms with Crippen LogP contribution in [0.3, 0.4) is 0 Å². The summed E-state index contributed by atoms with van der Waals surface area (Å²) in [5.74, 6) is 7.93. The molecule has 0 unspecified atom stereocenters. The average Bonchev–Trinajstić information content (AvgIpc) is 3.10. The van der Waals surface area contributed by atoms with Gasteiger partial charge in [-0.05, 0) is 18.2 Å². The molecule has 0 aliphatic heterocycles. The molecule has 4 nitrogen and oxygen atoms in total. The van der Waals surface area contributed by atoms with E-state index in [1.807, 2.05) is 62.4 Å². The van der Waals surface area contributed by atoms with Gasteiger partial charge in [0.05, 0.1) is 17.6 Å². The third kappa shape index (κ3) is 3.63. The maximum absolute atomic E-state index is 6.16. The van der Waals surface area contributed by atoms with Gasteiger partial charge in [-0.25, -0.2) is 9.97 Å². The Morgan fingerprint density at radius 1 is 0.963 bits per heavy atom. The van der Waals surface area contributed by atoms with Gasteiger partial charge in [-0.3, -0.25) is 0 Å². The molecule has 0 radical (unpaired) electrons. The molecule has 0 atom stereocenters. The number of hydrogen-bond acceptors (Lipinski definition) is 3. The van der Waals surface area contributed by atoms with Crippen molar-refractivity contribution in [1.82, 2.24) is 14.5 Å². The number of anilines is 1. The zero-order valence-corrected chi connectivity index (χ0v) is 16.0. The summed E-state index contributed by atoms with van der Waals surface area (Å²) in [7, 11) is 0. The number of aromatic nitrogens is 3. The molecule has 4 rings (SSSR count). The van der Waals surface area contributed by atoms with Crippen LogP contribution in [0.15, 0.2) is 54.6 Å². The summed E-state index contributed by atoms with van der Waals surface area (Å²) in [6.45, 7) is 6.66. The van der Waals surface area contributed by atoms with E-state index >= 15 is 0 Å². The standard InChI is InChI=1S/C21H18N4.C2H6/c1-2-18-24-19-20(16-12-6-7-13-17(16)23-21(19)22)25(18)14-8-11-15-9-4-3-5-10-15;1-2/h3-7,9-10,12-13H,2,14H2,1H3,(H2,22,23);1-2H3. The minimum atomic E-state index is 0.471. The Balaban J connectivity index is 0.00000102. The van der Waals surface area contributed by atoms with Crippen molar-refractivity contribution in [3.63, 3.8) is 0 Å². The normalized spacial score (nSPS) is 10.2. The number of hydrogen-bond donors (Lipinski definition) is 1. The van der Waals surface area contributed by atoms with Crippen LogP contribution in [0, 0.1) is 11.8 Å². The molecule has 0 aliphatic carbocycles. The predicted octanol–water partition coefficient (Wildman–Crippen LogP) is 4.81. The van der Waals surface area contributed by atoms with E-state index in [1.165, 1.54) is 0 Å². The van der Waals surface area contributed by atoms with Gasteiger partial charge in [-0.2, -0.15) is 0 Å². The number of rotatable bonds is 2. The molecule has 0 aliphatic rings. The monoisotopic (exact) mass is 356 g/mol. The zero-order valence-electron chi connectivity index (χ0n) is 16.0. The molecule has 0 saturated carbocycles. The van der Waals surface area contributed by atoms with Crippen molar-refractivity contribution in [2.45, 2.75) is 33.7 Å². The van der Waals surface area contributed by atoms with Crippen molar-refractivity contribution >= 4 is 27.8 Å². The van der Waals surface area contributed by atoms with Crippen molar-refractivity contribution in [2.24, 2.45) is 0 Å². The summed E-state index contributed by atoms with van der Waals surface area (Å²) in [5.41, 5.74) is 9.83. The summed E-state index contributed by atoms with van der Waals surface area (Å²) in [6, 6.07) is 18.0. The number of fused-ring (bicyclic) bond motifs is 3. The van der Waals surface area contributed by atoms with Gasteiger partial charge in [0.1, 0.15) is 11.3 Å². The van der Waals surface area contributed by atoms with Crippen LogP contribution < -0.4 is 5.73 Å². The number of aryl methyl sites for hydroxylation is 1. The minimum absolute atomic E-state index is 0.471. The van der Waals surface area contributed by atoms with Gasteiger partial charge >= 0.3 is 0 Å². The highest BCUT2D eigenvalue weighted by molar-refractivity contribution is 6.06. The SMILES string of the molecule is CC.CCc1nc2c(N)nc3ccccc3c2n1CC#Cc1ccccc1. The largest absolute Gasteiger partial charge is 0.382 e. The third-order valence-electron chi connectivity index (χ3n) is 4.25. The first-order valence-electron chi connectivity index (χ1n) is 9.35. The van der Waals surface area contributed by atoms with Gasteiger partial charge in [0, 0.05) is 17.4 Å². The summed E-state index contributed by atoms with van der Waals surface area (Å²) in [5, 5.41) is 1.06. The van der Waals surface area contributed by atoms with E-state index in [2.05, 4.69) is 34.4 Å². The van der Waals surface area contributed by atoms with Crippen LogP contribution in [-0.2, 0) is 13.0 Å². The fourth-order valence-electron chi connectivity index (χ4n) is 3.09. The first-order chi connectivity index (χ1) is 13.3. The van der Waals surface area contributed by atoms with Crippen molar-refractivity contribution in [1.29, 1.82) is 0 Å². The first-order valence-corrected chi connectivity index (χ1v) is 9.35. The average molecular weight is 356 g/mol. The summed E-state index contributed by atoms with van der Waals surface area (Å²) < 4.78 is 2.16. The maximum Gasteiger partial charge on any atom is 0.152 e. The summed E-state index contributed by atoms with van der Waals surface area (Å²) in [4.78, 5) is 9.20. The lowest BCUT2D eigenvalue weighted by molar-refractivity contribution is 0.783. The van der Waals surface area contributed by atoms with Crippen LogP contribution in [0.4, 0.5) is 5.82 Å². The molecule has 0 spiro atoms. The Morgan fingerprint density at radius 2 is 1.67 bits per heavy atom. The van der Waals surface area contributed by atoms with Gasteiger partial charge in [-0.1, -0.05) is 69.0 Å². The van der Waals surface area contributed by atoms with Gasteiger partial charge < -0.3 is 10.3 Å². The molecule has 2 aromatic heterocycles. The molecule has 0 amide bonds. The van der Waals surface area contributed by atoms with E-state index in [0.29, 0.717) is 12.4 Å². The number of nitrogens with zero attached hydrogens (tertiary/aromatic N) is 3. The smallest absolute Gasteiger partial charge is 0.152 e. The van der Waals surface area contributed by atoms with E-state index in [4.69, 9.17) is 10.7 Å². The molecule has 0 fully saturated rings. The minimum Gasteiger partial charge on any atom is -0.382 e. The highest BCUT2D eigenvalue weighted by Crippen LogP contribution is 2.28. The Morgan fingerprint density at radius 3 is 2.41 bits per heavy atom. The van der Waals surface area contributed by atoms with Crippen LogP contribution in [0.1, 0.15) is 32.2 Å². The lowest BCUT2D eigenvalue weighted by Gasteiger charge is -2.06. The first kappa shape index (κ1) is 18.5. The van der Waals surface area contributed by atoms with Gasteiger partial charge in [-0.15, -0.1) is 0 Å². The third-order valence-corrected chi connectivity index (χ3v) is 4.25. The highest BCUT2D eigenvalue weighted by Gasteiger charge is 2.15. The van der Waals surface area contributed by atoms with Crippen LogP contribution >= 0.6 is 0 Å². The van der Waals surface area contributed by atoms with E-state index < -0.39 is 0 Å². The molecule has 2 N–H and O–H groups in total. The van der Waals surface area contributed by atoms with E-state index in [-0.39, 0.29) is 0 Å². The maximum atomic E-state index is 6.16. The van der Waals surface area contributed by atoms with Crippen molar-refractivity contribution in [3.8, 4) is 11.8 Å². The second-order valence-corrected chi connectivity index (χ2v) is 5.85. The molecule has 0 bridgehead atoms. The molecule has 4 aromatic rings. The Bertz CT molecular complexity index is 1120. The second kappa shape index (κ2) is 8.37. The highest BCUT2D eigenvalue weighted by atomic mass is 15.1. The topological polar surface area (TPSA) is 56.7 Å². The lowest BCUT2D eigenvalue weighted by atomic mass is 10.2. The number of nitrogen functional groups attached to an aromatic ring is 1. The van der Waals surface area contributed by atoms with E-state index in [9.17, 15) is 0 Å². The van der Waals surface area contributed by atoms with Gasteiger partial charge in [0.2, 0.25) is 0 Å². The summed E-state index contributed by atoms with van der Waals surface area (Å²) in [6.07, 6.45) is 0.815. The van der Waals surface area contributed by atoms with Gasteiger partial charge in [0.15, 0.2) is 5.82 Å². The van der Waals surface area contributed by atoms with Crippen LogP contribution in [0.5, 0.6) is 0 Å².